The first-order valence-corrected chi connectivity index (χ1v) is 10.00. The fourth-order valence-corrected chi connectivity index (χ4v) is 4.34. The summed E-state index contributed by atoms with van der Waals surface area (Å²) in [5.41, 5.74) is 1.83. The number of nitrogens with one attached hydrogen (secondary N) is 1. The zero-order valence-electron chi connectivity index (χ0n) is 14.7. The molecule has 0 aromatic heterocycles. The summed E-state index contributed by atoms with van der Waals surface area (Å²) in [4.78, 5) is 12.0. The van der Waals surface area contributed by atoms with E-state index in [1.165, 1.54) is 0 Å². The molecule has 1 N–H and O–H groups in total. The standard InChI is InChI=1S/C19H17ClN2O4S/c1-3-26-19(23)14-7-5-9-16(11-14)21-18-12(2)17(27(24,25)22-18)13-6-4-8-15(20)10-13/h4-11H,3H2,1-2H3,(H,21,22). The molecule has 6 nitrogen and oxygen atoms in total. The van der Waals surface area contributed by atoms with Crippen molar-refractivity contribution >= 4 is 44.0 Å². The van der Waals surface area contributed by atoms with Crippen molar-refractivity contribution < 1.29 is 17.9 Å². The number of anilines is 1. The van der Waals surface area contributed by atoms with Gasteiger partial charge < -0.3 is 10.1 Å². The van der Waals surface area contributed by atoms with E-state index in [-0.39, 0.29) is 17.3 Å². The summed E-state index contributed by atoms with van der Waals surface area (Å²) >= 11 is 5.99. The second-order valence-electron chi connectivity index (χ2n) is 5.81. The first kappa shape index (κ1) is 19.1. The summed E-state index contributed by atoms with van der Waals surface area (Å²) in [6.45, 7) is 3.66. The van der Waals surface area contributed by atoms with Crippen molar-refractivity contribution in [1.82, 2.24) is 0 Å². The van der Waals surface area contributed by atoms with Crippen LogP contribution < -0.4 is 5.32 Å². The van der Waals surface area contributed by atoms with Crippen molar-refractivity contribution in [2.45, 2.75) is 13.8 Å². The highest BCUT2D eigenvalue weighted by Gasteiger charge is 2.31. The number of halogens is 1. The summed E-state index contributed by atoms with van der Waals surface area (Å²) in [6.07, 6.45) is 0. The number of carbonyl (C=O) groups is 1. The molecule has 0 saturated heterocycles. The Bertz CT molecular complexity index is 1070. The monoisotopic (exact) mass is 404 g/mol. The number of carbonyl (C=O) groups excluding carboxylic acids is 1. The maximum Gasteiger partial charge on any atom is 0.338 e. The minimum Gasteiger partial charge on any atom is -0.462 e. The molecule has 2 aromatic carbocycles. The van der Waals surface area contributed by atoms with Crippen LogP contribution in [0.3, 0.4) is 0 Å². The molecule has 0 spiro atoms. The van der Waals surface area contributed by atoms with Crippen molar-refractivity contribution in [1.29, 1.82) is 0 Å². The van der Waals surface area contributed by atoms with Crippen LogP contribution >= 0.6 is 11.6 Å². The Kier molecular flexibility index (Phi) is 5.34. The van der Waals surface area contributed by atoms with E-state index in [4.69, 9.17) is 16.3 Å². The molecule has 27 heavy (non-hydrogen) atoms. The lowest BCUT2D eigenvalue weighted by molar-refractivity contribution is 0.0526. The molecule has 0 fully saturated rings. The predicted molar refractivity (Wildman–Crippen MR) is 106 cm³/mol. The minimum atomic E-state index is -3.86. The number of nitrogens with zero attached hydrogens (tertiary/aromatic N) is 1. The Hall–Kier alpha value is -2.64. The fourth-order valence-electron chi connectivity index (χ4n) is 2.72. The summed E-state index contributed by atoms with van der Waals surface area (Å²) in [7, 11) is -3.86. The van der Waals surface area contributed by atoms with Gasteiger partial charge in [-0.25, -0.2) is 4.79 Å². The normalized spacial score (nSPS) is 15.4. The van der Waals surface area contributed by atoms with Gasteiger partial charge in [0.25, 0.3) is 10.0 Å². The summed E-state index contributed by atoms with van der Waals surface area (Å²) in [6, 6.07) is 13.2. The van der Waals surface area contributed by atoms with Crippen LogP contribution in [0, 0.1) is 0 Å². The van der Waals surface area contributed by atoms with Gasteiger partial charge >= 0.3 is 5.97 Å². The smallest absolute Gasteiger partial charge is 0.338 e. The van der Waals surface area contributed by atoms with Crippen molar-refractivity contribution in [3.8, 4) is 0 Å². The van der Waals surface area contributed by atoms with Crippen LogP contribution in [0.5, 0.6) is 0 Å². The third-order valence-electron chi connectivity index (χ3n) is 3.89. The van der Waals surface area contributed by atoms with E-state index in [1.54, 1.807) is 62.4 Å². The maximum absolute atomic E-state index is 12.5. The highest BCUT2D eigenvalue weighted by Crippen LogP contribution is 2.34. The van der Waals surface area contributed by atoms with E-state index in [2.05, 4.69) is 9.71 Å². The van der Waals surface area contributed by atoms with Crippen LogP contribution in [0.15, 0.2) is 58.5 Å². The molecule has 0 saturated carbocycles. The molecule has 0 radical (unpaired) electrons. The number of hydrogen-bond donors (Lipinski definition) is 1. The second kappa shape index (κ2) is 7.54. The largest absolute Gasteiger partial charge is 0.462 e. The highest BCUT2D eigenvalue weighted by atomic mass is 35.5. The molecule has 8 heteroatoms. The van der Waals surface area contributed by atoms with E-state index in [0.29, 0.717) is 27.4 Å². The Labute approximate surface area is 162 Å². The van der Waals surface area contributed by atoms with Crippen LogP contribution in [-0.2, 0) is 14.8 Å². The highest BCUT2D eigenvalue weighted by molar-refractivity contribution is 8.00. The third kappa shape index (κ3) is 4.04. The molecular formula is C19H17ClN2O4S. The first-order chi connectivity index (χ1) is 12.8. The lowest BCUT2D eigenvalue weighted by Crippen LogP contribution is -2.12. The summed E-state index contributed by atoms with van der Waals surface area (Å²) in [5, 5.41) is 3.41. The minimum absolute atomic E-state index is 0.106. The molecule has 2 aromatic rings. The molecule has 0 atom stereocenters. The lowest BCUT2D eigenvalue weighted by Gasteiger charge is -2.09. The Morgan fingerprint density at radius 1 is 1.19 bits per heavy atom. The van der Waals surface area contributed by atoms with Gasteiger partial charge in [-0.2, -0.15) is 8.42 Å². The number of benzene rings is 2. The average molecular weight is 405 g/mol. The SMILES string of the molecule is CCOC(=O)c1cccc(NC2=NS(=O)(=O)C(c3cccc(Cl)c3)=C2C)c1. The fraction of sp³-hybridized carbons (Fsp3) is 0.158. The molecule has 1 aliphatic heterocycles. The molecule has 140 valence electrons. The van der Waals surface area contributed by atoms with Crippen LogP contribution in [0.25, 0.3) is 4.91 Å². The summed E-state index contributed by atoms with van der Waals surface area (Å²) < 4.78 is 33.9. The van der Waals surface area contributed by atoms with Gasteiger partial charge in [-0.1, -0.05) is 29.8 Å². The van der Waals surface area contributed by atoms with Crippen LogP contribution in [0.2, 0.25) is 5.02 Å². The van der Waals surface area contributed by atoms with Gasteiger partial charge in [0.15, 0.2) is 0 Å². The Balaban J connectivity index is 1.95. The number of rotatable bonds is 4. The van der Waals surface area contributed by atoms with Crippen LogP contribution in [-0.4, -0.2) is 26.8 Å². The van der Waals surface area contributed by atoms with Gasteiger partial charge in [-0.05, 0) is 49.7 Å². The molecular weight excluding hydrogens is 388 g/mol. The van der Waals surface area contributed by atoms with Crippen molar-refractivity contribution in [3.63, 3.8) is 0 Å². The Morgan fingerprint density at radius 2 is 1.93 bits per heavy atom. The number of hydrogen-bond acceptors (Lipinski definition) is 5. The van der Waals surface area contributed by atoms with Gasteiger partial charge in [0.1, 0.15) is 10.7 Å². The predicted octanol–water partition coefficient (Wildman–Crippen LogP) is 4.10. The van der Waals surface area contributed by atoms with Gasteiger partial charge in [0.05, 0.1) is 12.2 Å². The quantitative estimate of drug-likeness (QED) is 0.775. The van der Waals surface area contributed by atoms with Crippen molar-refractivity contribution in [3.05, 3.63) is 70.3 Å². The van der Waals surface area contributed by atoms with Crippen LogP contribution in [0.4, 0.5) is 5.69 Å². The topological polar surface area (TPSA) is 84.8 Å². The third-order valence-corrected chi connectivity index (χ3v) is 5.60. The van der Waals surface area contributed by atoms with E-state index in [1.807, 2.05) is 0 Å². The van der Waals surface area contributed by atoms with E-state index < -0.39 is 16.0 Å². The first-order valence-electron chi connectivity index (χ1n) is 8.18. The number of ether oxygens (including phenoxy) is 1. The van der Waals surface area contributed by atoms with E-state index >= 15 is 0 Å². The van der Waals surface area contributed by atoms with E-state index in [9.17, 15) is 13.2 Å². The Morgan fingerprint density at radius 3 is 2.63 bits per heavy atom. The van der Waals surface area contributed by atoms with Gasteiger partial charge in [0.2, 0.25) is 0 Å². The lowest BCUT2D eigenvalue weighted by atomic mass is 10.1. The second-order valence-corrected chi connectivity index (χ2v) is 7.78. The van der Waals surface area contributed by atoms with Crippen LogP contribution in [0.1, 0.15) is 29.8 Å². The average Bonchev–Trinajstić information content (AvgIpc) is 2.83. The van der Waals surface area contributed by atoms with Crippen molar-refractivity contribution in [2.75, 3.05) is 11.9 Å². The van der Waals surface area contributed by atoms with Gasteiger partial charge in [-0.3, -0.25) is 0 Å². The molecule has 0 aliphatic carbocycles. The maximum atomic E-state index is 12.5. The molecule has 1 heterocycles. The number of sulfonamides is 1. The number of esters is 1. The summed E-state index contributed by atoms with van der Waals surface area (Å²) in [5.74, 6) is -0.250. The zero-order valence-corrected chi connectivity index (χ0v) is 16.3. The molecule has 0 unspecified atom stereocenters. The zero-order chi connectivity index (χ0) is 19.6. The van der Waals surface area contributed by atoms with Crippen molar-refractivity contribution in [2.24, 2.45) is 4.40 Å². The molecule has 3 rings (SSSR count). The molecule has 0 amide bonds. The molecule has 1 aliphatic rings. The number of amidine groups is 1. The van der Waals surface area contributed by atoms with E-state index in [0.717, 1.165) is 0 Å². The molecule has 0 bridgehead atoms. The van der Waals surface area contributed by atoms with Gasteiger partial charge in [0, 0.05) is 16.3 Å². The van der Waals surface area contributed by atoms with Gasteiger partial charge in [-0.15, -0.1) is 4.40 Å².